The molecule has 12 nitrogen and oxygen atoms in total. The summed E-state index contributed by atoms with van der Waals surface area (Å²) in [7, 11) is -4.76. The molecule has 0 spiro atoms. The second-order valence-electron chi connectivity index (χ2n) is 12.1. The lowest BCUT2D eigenvalue weighted by atomic mass is 9.94. The molecule has 0 radical (unpaired) electrons. The van der Waals surface area contributed by atoms with E-state index in [0.29, 0.717) is 5.56 Å². The molecule has 2 aliphatic heterocycles. The average Bonchev–Trinajstić information content (AvgIpc) is 3.08. The van der Waals surface area contributed by atoms with E-state index in [1.807, 2.05) is 79.7 Å². The highest BCUT2D eigenvalue weighted by molar-refractivity contribution is 7.46. The van der Waals surface area contributed by atoms with Crippen molar-refractivity contribution >= 4 is 36.4 Å². The number of carbonyl (C=O) groups excluding carboxylic acids is 3. The topological polar surface area (TPSA) is 143 Å². The van der Waals surface area contributed by atoms with Crippen molar-refractivity contribution in [1.82, 2.24) is 25.1 Å². The number of carbonyl (C=O) groups is 3. The summed E-state index contributed by atoms with van der Waals surface area (Å²) in [4.78, 5) is 64.4. The van der Waals surface area contributed by atoms with Crippen molar-refractivity contribution in [2.24, 2.45) is 0 Å². The molecular formula is C36H38N5O7P. The van der Waals surface area contributed by atoms with Crippen LogP contribution in [0.5, 0.6) is 5.75 Å². The molecule has 6 rings (SSSR count). The highest BCUT2D eigenvalue weighted by Crippen LogP contribution is 2.38. The lowest BCUT2D eigenvalue weighted by Crippen LogP contribution is -2.79. The van der Waals surface area contributed by atoms with Gasteiger partial charge in [0, 0.05) is 26.1 Å². The van der Waals surface area contributed by atoms with Crippen LogP contribution in [0.3, 0.4) is 0 Å². The van der Waals surface area contributed by atoms with Gasteiger partial charge < -0.3 is 19.6 Å². The second-order valence-corrected chi connectivity index (χ2v) is 13.3. The van der Waals surface area contributed by atoms with Gasteiger partial charge in [-0.05, 0) is 46.5 Å². The molecule has 4 aromatic carbocycles. The van der Waals surface area contributed by atoms with Gasteiger partial charge in [0.1, 0.15) is 18.0 Å². The van der Waals surface area contributed by atoms with E-state index in [0.717, 1.165) is 21.9 Å². The first-order valence-electron chi connectivity index (χ1n) is 15.9. The maximum atomic E-state index is 14.6. The standard InChI is InChI=1S/C36H38N5O7P/c1-3-20-38-24-33(42)40-32(21-26-16-18-30(19-17-26)48-49(45,46)47)35(43)39(23-29-14-9-13-28-12-7-8-15-31(28)29)25(2)34(40)41(38)36(44)37-22-27-10-5-4-6-11-27/h3-19,25,32,34H,1,20-24H2,2H3,(H,37,44)(H2,45,46,47). The van der Waals surface area contributed by atoms with Gasteiger partial charge in [-0.15, -0.1) is 6.58 Å². The fourth-order valence-electron chi connectivity index (χ4n) is 6.69. The van der Waals surface area contributed by atoms with E-state index in [-0.39, 0.29) is 50.2 Å². The van der Waals surface area contributed by atoms with E-state index in [9.17, 15) is 28.7 Å². The first kappa shape index (κ1) is 33.9. The van der Waals surface area contributed by atoms with E-state index in [4.69, 9.17) is 4.52 Å². The third-order valence-corrected chi connectivity index (χ3v) is 9.35. The van der Waals surface area contributed by atoms with Gasteiger partial charge in [0.15, 0.2) is 0 Å². The summed E-state index contributed by atoms with van der Waals surface area (Å²) in [5, 5.41) is 8.23. The van der Waals surface area contributed by atoms with Crippen LogP contribution in [0.2, 0.25) is 0 Å². The number of hydrogen-bond acceptors (Lipinski definition) is 6. The molecular weight excluding hydrogens is 645 g/mol. The van der Waals surface area contributed by atoms with Crippen LogP contribution in [0.1, 0.15) is 23.6 Å². The Labute approximate surface area is 284 Å². The van der Waals surface area contributed by atoms with Gasteiger partial charge >= 0.3 is 13.9 Å². The highest BCUT2D eigenvalue weighted by atomic mass is 31.2. The van der Waals surface area contributed by atoms with Crippen molar-refractivity contribution in [2.75, 3.05) is 13.1 Å². The number of urea groups is 1. The number of nitrogens with zero attached hydrogens (tertiary/aromatic N) is 4. The number of piperazine rings is 1. The fraction of sp³-hybridized carbons (Fsp3) is 0.250. The molecule has 2 saturated heterocycles. The van der Waals surface area contributed by atoms with Crippen molar-refractivity contribution in [3.05, 3.63) is 126 Å². The number of phosphoric acid groups is 1. The van der Waals surface area contributed by atoms with E-state index in [1.165, 1.54) is 17.0 Å². The summed E-state index contributed by atoms with van der Waals surface area (Å²) >= 11 is 0. The van der Waals surface area contributed by atoms with E-state index in [1.54, 1.807) is 33.1 Å². The number of nitrogens with one attached hydrogen (secondary N) is 1. The minimum absolute atomic E-state index is 0.0356. The lowest BCUT2D eigenvalue weighted by Gasteiger charge is -2.57. The molecule has 0 aliphatic carbocycles. The maximum Gasteiger partial charge on any atom is 0.524 e. The number of amides is 4. The third kappa shape index (κ3) is 7.38. The van der Waals surface area contributed by atoms with E-state index < -0.39 is 32.1 Å². The summed E-state index contributed by atoms with van der Waals surface area (Å²) in [6.07, 6.45) is 0.870. The molecule has 0 aromatic heterocycles. The van der Waals surface area contributed by atoms with Crippen molar-refractivity contribution in [1.29, 1.82) is 0 Å². The Kier molecular flexibility index (Phi) is 9.84. The smallest absolute Gasteiger partial charge is 0.404 e. The highest BCUT2D eigenvalue weighted by Gasteiger charge is 2.54. The largest absolute Gasteiger partial charge is 0.524 e. The first-order chi connectivity index (χ1) is 23.5. The summed E-state index contributed by atoms with van der Waals surface area (Å²) in [6.45, 7) is 6.30. The van der Waals surface area contributed by atoms with Gasteiger partial charge in [-0.2, -0.15) is 0 Å². The first-order valence-corrected chi connectivity index (χ1v) is 17.5. The van der Waals surface area contributed by atoms with Crippen LogP contribution in [0.15, 0.2) is 110 Å². The van der Waals surface area contributed by atoms with Crippen LogP contribution >= 0.6 is 7.82 Å². The number of benzene rings is 4. The summed E-state index contributed by atoms with van der Waals surface area (Å²) in [6, 6.07) is 27.4. The van der Waals surface area contributed by atoms with Crippen LogP contribution in [0.25, 0.3) is 10.8 Å². The average molecular weight is 684 g/mol. The van der Waals surface area contributed by atoms with Crippen LogP contribution in [-0.2, 0) is 33.7 Å². The van der Waals surface area contributed by atoms with Crippen LogP contribution < -0.4 is 9.84 Å². The second kappa shape index (κ2) is 14.2. The third-order valence-electron chi connectivity index (χ3n) is 8.90. The zero-order valence-corrected chi connectivity index (χ0v) is 27.9. The van der Waals surface area contributed by atoms with Crippen molar-refractivity contribution < 1.29 is 33.3 Å². The monoisotopic (exact) mass is 683 g/mol. The quantitative estimate of drug-likeness (QED) is 0.165. The summed E-state index contributed by atoms with van der Waals surface area (Å²) in [5.74, 6) is -0.621. The predicted octanol–water partition coefficient (Wildman–Crippen LogP) is 4.44. The van der Waals surface area contributed by atoms with Crippen molar-refractivity contribution in [3.8, 4) is 5.75 Å². The normalized spacial score (nSPS) is 19.9. The number of fused-ring (bicyclic) bond motifs is 2. The molecule has 2 heterocycles. The number of hydrazine groups is 1. The molecule has 3 N–H and O–H groups in total. The van der Waals surface area contributed by atoms with Crippen LogP contribution in [0, 0.1) is 0 Å². The fourth-order valence-corrected chi connectivity index (χ4v) is 7.08. The summed E-state index contributed by atoms with van der Waals surface area (Å²) < 4.78 is 16.0. The Morgan fingerprint density at radius 3 is 2.37 bits per heavy atom. The van der Waals surface area contributed by atoms with Gasteiger partial charge in [0.2, 0.25) is 11.8 Å². The van der Waals surface area contributed by atoms with Crippen molar-refractivity contribution in [2.45, 2.75) is 44.7 Å². The van der Waals surface area contributed by atoms with Gasteiger partial charge in [0.05, 0.1) is 12.6 Å². The van der Waals surface area contributed by atoms with Gasteiger partial charge in [-0.1, -0.05) is 91.0 Å². The van der Waals surface area contributed by atoms with Gasteiger partial charge in [0.25, 0.3) is 0 Å². The zero-order valence-electron chi connectivity index (χ0n) is 27.0. The molecule has 13 heteroatoms. The molecule has 49 heavy (non-hydrogen) atoms. The molecule has 3 atom stereocenters. The van der Waals surface area contributed by atoms with Crippen LogP contribution in [0.4, 0.5) is 4.79 Å². The molecule has 2 fully saturated rings. The molecule has 2 aliphatic rings. The Bertz CT molecular complexity index is 1900. The van der Waals surface area contributed by atoms with E-state index >= 15 is 0 Å². The minimum atomic E-state index is -4.76. The SMILES string of the molecule is C=CCN1CC(=O)N2C(Cc3ccc(OP(=O)(O)O)cc3)C(=O)N(Cc3cccc4ccccc34)C(C)C2N1C(=O)NCc1ccccc1. The molecule has 4 aromatic rings. The zero-order chi connectivity index (χ0) is 34.7. The molecule has 0 bridgehead atoms. The Morgan fingerprint density at radius 1 is 0.959 bits per heavy atom. The Hall–Kier alpha value is -5.00. The van der Waals surface area contributed by atoms with Crippen molar-refractivity contribution in [3.63, 3.8) is 0 Å². The Morgan fingerprint density at radius 2 is 1.65 bits per heavy atom. The molecule has 254 valence electrons. The Balaban J connectivity index is 1.39. The summed E-state index contributed by atoms with van der Waals surface area (Å²) in [5.41, 5.74) is 2.47. The number of hydrogen-bond donors (Lipinski definition) is 3. The van der Waals surface area contributed by atoms with Crippen LogP contribution in [-0.4, -0.2) is 78.8 Å². The molecule has 0 saturated carbocycles. The predicted molar refractivity (Wildman–Crippen MR) is 183 cm³/mol. The van der Waals surface area contributed by atoms with Gasteiger partial charge in [-0.25, -0.2) is 19.4 Å². The maximum absolute atomic E-state index is 14.6. The van der Waals surface area contributed by atoms with E-state index in [2.05, 4.69) is 11.9 Å². The molecule has 4 amide bonds. The minimum Gasteiger partial charge on any atom is -0.404 e. The molecule has 3 unspecified atom stereocenters. The van der Waals surface area contributed by atoms with Gasteiger partial charge in [-0.3, -0.25) is 19.4 Å². The number of rotatable bonds is 10. The lowest BCUT2D eigenvalue weighted by molar-refractivity contribution is -0.198. The number of phosphoric ester groups is 1.